The highest BCUT2D eigenvalue weighted by Gasteiger charge is 2.21. The van der Waals surface area contributed by atoms with Gasteiger partial charge < -0.3 is 25.8 Å². The van der Waals surface area contributed by atoms with Gasteiger partial charge in [0, 0.05) is 0 Å². The van der Waals surface area contributed by atoms with E-state index in [0.29, 0.717) is 0 Å². The summed E-state index contributed by atoms with van der Waals surface area (Å²) in [5.74, 6) is -2.64. The van der Waals surface area contributed by atoms with Crippen molar-refractivity contribution in [2.75, 3.05) is 32.1 Å². The molecule has 0 radical (unpaired) electrons. The van der Waals surface area contributed by atoms with Gasteiger partial charge in [-0.1, -0.05) is 0 Å². The first kappa shape index (κ1) is 16.1. The minimum absolute atomic E-state index is 0.0898. The number of aliphatic carboxylic acids is 1. The van der Waals surface area contributed by atoms with E-state index in [1.54, 1.807) is 0 Å². The number of carboxylic acid groups (broad SMARTS) is 1. The van der Waals surface area contributed by atoms with Crippen molar-refractivity contribution in [1.29, 1.82) is 0 Å². The summed E-state index contributed by atoms with van der Waals surface area (Å²) in [4.78, 5) is 54.9. The predicted octanol–water partition coefficient (Wildman–Crippen LogP) is -2.98. The molecule has 0 heterocycles. The fraction of sp³-hybridized carbons (Fsp3) is 0.364. The lowest BCUT2D eigenvalue weighted by Gasteiger charge is -2.11. The number of rotatable bonds is 8. The normalized spacial score (nSPS) is 9.95. The second-order valence-corrected chi connectivity index (χ2v) is 3.87. The van der Waals surface area contributed by atoms with Crippen LogP contribution in [0.1, 0.15) is 0 Å². The Morgan fingerprint density at radius 3 is 2.14 bits per heavy atom. The zero-order valence-corrected chi connectivity index (χ0v) is 11.0. The van der Waals surface area contributed by atoms with Crippen molar-refractivity contribution < 1.29 is 24.2 Å². The van der Waals surface area contributed by atoms with Gasteiger partial charge in [-0.2, -0.15) is 0 Å². The highest BCUT2D eigenvalue weighted by molar-refractivity contribution is 5.88. The molecule has 0 bridgehead atoms. The monoisotopic (exact) mass is 299 g/mol. The first-order valence-electron chi connectivity index (χ1n) is 5.73. The summed E-state index contributed by atoms with van der Waals surface area (Å²) < 4.78 is 4.66. The summed E-state index contributed by atoms with van der Waals surface area (Å²) >= 11 is 0. The molecule has 0 atom stereocenters. The molecule has 4 N–H and O–H groups in total. The maximum atomic E-state index is 11.4. The standard InChI is InChI=1S/C11H13N3O7/c1-21-11-8(9(19)10(11)20)14-3-6(16)12-2-5(15)13-4-7(17)18/h14H,2-4H2,1H3,(H,12,16)(H,13,15)(H,17,18). The number of carboxylic acids is 1. The molecule has 1 rings (SSSR count). The molecule has 10 nitrogen and oxygen atoms in total. The maximum absolute atomic E-state index is 11.4. The topological polar surface area (TPSA) is 151 Å². The van der Waals surface area contributed by atoms with E-state index < -0.39 is 41.7 Å². The Balaban J connectivity index is 2.33. The van der Waals surface area contributed by atoms with Crippen LogP contribution in [0.4, 0.5) is 5.69 Å². The lowest BCUT2D eigenvalue weighted by molar-refractivity contribution is -0.137. The summed E-state index contributed by atoms with van der Waals surface area (Å²) in [5.41, 5.74) is -1.64. The van der Waals surface area contributed by atoms with Gasteiger partial charge in [0.2, 0.25) is 11.8 Å². The van der Waals surface area contributed by atoms with Crippen LogP contribution in [0.2, 0.25) is 0 Å². The molecule has 0 fully saturated rings. The molecule has 1 aromatic rings. The molecule has 0 saturated carbocycles. The van der Waals surface area contributed by atoms with Gasteiger partial charge in [-0.25, -0.2) is 0 Å². The minimum Gasteiger partial charge on any atom is -0.491 e. The number of anilines is 1. The van der Waals surface area contributed by atoms with Gasteiger partial charge in [-0.05, 0) is 0 Å². The zero-order chi connectivity index (χ0) is 16.0. The molecular weight excluding hydrogens is 286 g/mol. The second kappa shape index (κ2) is 7.03. The third-order valence-electron chi connectivity index (χ3n) is 2.38. The fourth-order valence-corrected chi connectivity index (χ4v) is 1.37. The number of hydrogen-bond donors (Lipinski definition) is 4. The van der Waals surface area contributed by atoms with E-state index in [0.717, 1.165) is 0 Å². The Morgan fingerprint density at radius 2 is 1.57 bits per heavy atom. The van der Waals surface area contributed by atoms with E-state index in [-0.39, 0.29) is 18.0 Å². The Bertz CT molecular complexity index is 630. The van der Waals surface area contributed by atoms with Crippen LogP contribution in [0.25, 0.3) is 0 Å². The molecule has 114 valence electrons. The predicted molar refractivity (Wildman–Crippen MR) is 70.1 cm³/mol. The highest BCUT2D eigenvalue weighted by atomic mass is 16.5. The van der Waals surface area contributed by atoms with Crippen LogP contribution < -0.4 is 31.5 Å². The summed E-state index contributed by atoms with van der Waals surface area (Å²) in [7, 11) is 1.22. The van der Waals surface area contributed by atoms with E-state index in [4.69, 9.17) is 5.11 Å². The van der Waals surface area contributed by atoms with Crippen LogP contribution in [-0.2, 0) is 14.4 Å². The third kappa shape index (κ3) is 4.30. The minimum atomic E-state index is -1.21. The Hall–Kier alpha value is -2.91. The van der Waals surface area contributed by atoms with Crippen molar-refractivity contribution in [3.05, 3.63) is 20.4 Å². The van der Waals surface area contributed by atoms with E-state index in [2.05, 4.69) is 20.7 Å². The van der Waals surface area contributed by atoms with Gasteiger partial charge in [0.25, 0.3) is 10.9 Å². The number of amides is 2. The fourth-order valence-electron chi connectivity index (χ4n) is 1.37. The average molecular weight is 299 g/mol. The third-order valence-corrected chi connectivity index (χ3v) is 2.38. The van der Waals surface area contributed by atoms with Crippen molar-refractivity contribution in [3.63, 3.8) is 0 Å². The summed E-state index contributed by atoms with van der Waals surface area (Å²) in [6.45, 7) is -1.29. The molecule has 0 unspecified atom stereocenters. The molecule has 0 aromatic heterocycles. The molecule has 2 amide bonds. The number of carbonyl (C=O) groups excluding carboxylic acids is 2. The maximum Gasteiger partial charge on any atom is 0.322 e. The SMILES string of the molecule is COc1c(NCC(=O)NCC(=O)NCC(=O)O)c(=O)c1=O. The lowest BCUT2D eigenvalue weighted by atomic mass is 10.2. The largest absolute Gasteiger partial charge is 0.491 e. The van der Waals surface area contributed by atoms with E-state index >= 15 is 0 Å². The summed E-state index contributed by atoms with van der Waals surface area (Å²) in [6, 6.07) is 0. The number of carbonyl (C=O) groups is 3. The average Bonchev–Trinajstić information content (AvgIpc) is 2.45. The smallest absolute Gasteiger partial charge is 0.322 e. The van der Waals surface area contributed by atoms with Gasteiger partial charge in [0.1, 0.15) is 12.2 Å². The molecule has 0 spiro atoms. The zero-order valence-electron chi connectivity index (χ0n) is 11.0. The quantitative estimate of drug-likeness (QED) is 0.371. The number of nitrogens with one attached hydrogen (secondary N) is 3. The number of ether oxygens (including phenoxy) is 1. The molecule has 0 aliphatic rings. The first-order chi connectivity index (χ1) is 9.86. The van der Waals surface area contributed by atoms with E-state index in [1.165, 1.54) is 7.11 Å². The van der Waals surface area contributed by atoms with Crippen LogP contribution in [0.3, 0.4) is 0 Å². The van der Waals surface area contributed by atoms with Crippen LogP contribution in [0, 0.1) is 0 Å². The lowest BCUT2D eigenvalue weighted by Crippen LogP contribution is -2.42. The van der Waals surface area contributed by atoms with Gasteiger partial charge in [-0.3, -0.25) is 24.0 Å². The van der Waals surface area contributed by atoms with Crippen LogP contribution in [0.5, 0.6) is 5.75 Å². The van der Waals surface area contributed by atoms with E-state index in [9.17, 15) is 24.0 Å². The van der Waals surface area contributed by atoms with Crippen LogP contribution in [0.15, 0.2) is 9.59 Å². The first-order valence-corrected chi connectivity index (χ1v) is 5.73. The molecule has 1 aromatic carbocycles. The molecule has 21 heavy (non-hydrogen) atoms. The molecule has 0 aliphatic heterocycles. The van der Waals surface area contributed by atoms with Gasteiger partial charge in [0.15, 0.2) is 5.75 Å². The number of methoxy groups -OCH3 is 1. The Morgan fingerprint density at radius 1 is 1.00 bits per heavy atom. The van der Waals surface area contributed by atoms with Crippen LogP contribution >= 0.6 is 0 Å². The molecule has 0 saturated heterocycles. The van der Waals surface area contributed by atoms with E-state index in [1.807, 2.05) is 0 Å². The van der Waals surface area contributed by atoms with Crippen LogP contribution in [-0.4, -0.2) is 49.6 Å². The van der Waals surface area contributed by atoms with Crippen molar-refractivity contribution >= 4 is 23.5 Å². The summed E-state index contributed by atoms with van der Waals surface area (Å²) in [6.07, 6.45) is 0. The molecule has 10 heteroatoms. The van der Waals surface area contributed by atoms with Crippen molar-refractivity contribution in [3.8, 4) is 5.75 Å². The highest BCUT2D eigenvalue weighted by Crippen LogP contribution is 2.15. The summed E-state index contributed by atoms with van der Waals surface area (Å²) in [5, 5.41) is 15.0. The van der Waals surface area contributed by atoms with Gasteiger partial charge in [0.05, 0.1) is 20.2 Å². The van der Waals surface area contributed by atoms with Gasteiger partial charge in [-0.15, -0.1) is 0 Å². The second-order valence-electron chi connectivity index (χ2n) is 3.87. The molecule has 0 aliphatic carbocycles. The van der Waals surface area contributed by atoms with Crippen molar-refractivity contribution in [1.82, 2.24) is 10.6 Å². The Labute approximate surface area is 117 Å². The molecular formula is C11H13N3O7. The Kier molecular flexibility index (Phi) is 5.40. The van der Waals surface area contributed by atoms with Gasteiger partial charge >= 0.3 is 5.97 Å². The number of hydrogen-bond acceptors (Lipinski definition) is 7. The van der Waals surface area contributed by atoms with Crippen molar-refractivity contribution in [2.45, 2.75) is 0 Å². The van der Waals surface area contributed by atoms with Crippen molar-refractivity contribution in [2.24, 2.45) is 0 Å².